The maximum atomic E-state index is 12.8. The molecule has 5 nitrogen and oxygen atoms in total. The highest BCUT2D eigenvalue weighted by molar-refractivity contribution is 7.18. The van der Waals surface area contributed by atoms with E-state index in [0.29, 0.717) is 6.54 Å². The molecule has 1 atom stereocenters. The van der Waals surface area contributed by atoms with Gasteiger partial charge in [0.2, 0.25) is 11.8 Å². The molecule has 1 aliphatic heterocycles. The average Bonchev–Trinajstić information content (AvgIpc) is 3.39. The summed E-state index contributed by atoms with van der Waals surface area (Å²) in [5.74, 6) is -0.0185. The number of aromatic nitrogens is 1. The first-order valence-electron chi connectivity index (χ1n) is 10.2. The standard InChI is InChI=1S/C23H25N3O2S/c27-21(24-15-14-17-7-2-1-3-8-17)12-13-22(28)26-16-6-10-19(26)23-25-18-9-4-5-11-20(18)29-23/h1-5,7-9,11,19H,6,10,12-16H2,(H,24,27)/t19-/m1/s1. The second kappa shape index (κ2) is 9.18. The molecule has 0 saturated carbocycles. The topological polar surface area (TPSA) is 62.3 Å². The van der Waals surface area contributed by atoms with Crippen molar-refractivity contribution in [3.63, 3.8) is 0 Å². The number of carbonyl (C=O) groups excluding carboxylic acids is 2. The van der Waals surface area contributed by atoms with Gasteiger partial charge in [-0.05, 0) is 37.0 Å². The molecule has 3 aromatic rings. The third-order valence-electron chi connectivity index (χ3n) is 5.31. The zero-order valence-corrected chi connectivity index (χ0v) is 17.2. The molecule has 1 saturated heterocycles. The third kappa shape index (κ3) is 4.82. The fraction of sp³-hybridized carbons (Fsp3) is 0.348. The van der Waals surface area contributed by atoms with Crippen LogP contribution in [-0.2, 0) is 16.0 Å². The molecule has 1 fully saturated rings. The van der Waals surface area contributed by atoms with E-state index in [1.54, 1.807) is 11.3 Å². The van der Waals surface area contributed by atoms with Gasteiger partial charge in [-0.1, -0.05) is 42.5 Å². The molecule has 1 aliphatic rings. The van der Waals surface area contributed by atoms with Gasteiger partial charge in [-0.15, -0.1) is 11.3 Å². The van der Waals surface area contributed by atoms with Crippen LogP contribution in [-0.4, -0.2) is 34.8 Å². The van der Waals surface area contributed by atoms with Crippen molar-refractivity contribution in [1.29, 1.82) is 0 Å². The quantitative estimate of drug-likeness (QED) is 0.641. The lowest BCUT2D eigenvalue weighted by atomic mass is 10.1. The summed E-state index contributed by atoms with van der Waals surface area (Å²) in [6, 6.07) is 18.2. The van der Waals surface area contributed by atoms with Crippen molar-refractivity contribution < 1.29 is 9.59 Å². The van der Waals surface area contributed by atoms with Gasteiger partial charge in [-0.3, -0.25) is 9.59 Å². The number of rotatable bonds is 7. The van der Waals surface area contributed by atoms with Crippen LogP contribution in [0.2, 0.25) is 0 Å². The Balaban J connectivity index is 1.27. The fourth-order valence-corrected chi connectivity index (χ4v) is 4.91. The van der Waals surface area contributed by atoms with Crippen molar-refractivity contribution in [3.05, 3.63) is 65.2 Å². The van der Waals surface area contributed by atoms with Crippen LogP contribution in [0.25, 0.3) is 10.2 Å². The molecule has 29 heavy (non-hydrogen) atoms. The van der Waals surface area contributed by atoms with Crippen LogP contribution in [0, 0.1) is 0 Å². The van der Waals surface area contributed by atoms with Gasteiger partial charge in [0.1, 0.15) is 5.01 Å². The summed E-state index contributed by atoms with van der Waals surface area (Å²) in [6.07, 6.45) is 3.20. The molecule has 0 spiro atoms. The first kappa shape index (κ1) is 19.6. The van der Waals surface area contributed by atoms with Gasteiger partial charge < -0.3 is 10.2 Å². The summed E-state index contributed by atoms with van der Waals surface area (Å²) < 4.78 is 1.15. The zero-order chi connectivity index (χ0) is 20.1. The minimum absolute atomic E-state index is 0.0426. The van der Waals surface area contributed by atoms with Gasteiger partial charge in [0, 0.05) is 25.9 Å². The second-order valence-corrected chi connectivity index (χ2v) is 8.41. The number of fused-ring (bicyclic) bond motifs is 1. The molecule has 0 radical (unpaired) electrons. The van der Waals surface area contributed by atoms with Crippen LogP contribution in [0.3, 0.4) is 0 Å². The molecule has 0 unspecified atom stereocenters. The molecule has 4 rings (SSSR count). The molecule has 2 aromatic carbocycles. The summed E-state index contributed by atoms with van der Waals surface area (Å²) in [6.45, 7) is 1.34. The van der Waals surface area contributed by atoms with Gasteiger partial charge in [0.15, 0.2) is 0 Å². The van der Waals surface area contributed by atoms with Crippen molar-refractivity contribution in [2.75, 3.05) is 13.1 Å². The molecule has 0 aliphatic carbocycles. The second-order valence-electron chi connectivity index (χ2n) is 7.35. The van der Waals surface area contributed by atoms with E-state index in [2.05, 4.69) is 11.4 Å². The number of carbonyl (C=O) groups is 2. The molecule has 6 heteroatoms. The van der Waals surface area contributed by atoms with E-state index in [1.807, 2.05) is 53.4 Å². The summed E-state index contributed by atoms with van der Waals surface area (Å²) in [5, 5.41) is 3.92. The van der Waals surface area contributed by atoms with E-state index in [9.17, 15) is 9.59 Å². The number of hydrogen-bond donors (Lipinski definition) is 1. The van der Waals surface area contributed by atoms with Crippen LogP contribution in [0.5, 0.6) is 0 Å². The number of para-hydroxylation sites is 1. The van der Waals surface area contributed by atoms with Crippen molar-refractivity contribution in [2.24, 2.45) is 0 Å². The normalized spacial score (nSPS) is 16.3. The molecule has 0 bridgehead atoms. The smallest absolute Gasteiger partial charge is 0.223 e. The van der Waals surface area contributed by atoms with E-state index in [1.165, 1.54) is 5.56 Å². The van der Waals surface area contributed by atoms with Gasteiger partial charge in [-0.2, -0.15) is 0 Å². The molecule has 1 aromatic heterocycles. The minimum Gasteiger partial charge on any atom is -0.356 e. The Morgan fingerprint density at radius 3 is 2.69 bits per heavy atom. The number of thiazole rings is 1. The Hall–Kier alpha value is -2.73. The van der Waals surface area contributed by atoms with E-state index in [0.717, 1.165) is 41.0 Å². The van der Waals surface area contributed by atoms with Crippen LogP contribution in [0.4, 0.5) is 0 Å². The number of likely N-dealkylation sites (tertiary alicyclic amines) is 1. The summed E-state index contributed by atoms with van der Waals surface area (Å²) >= 11 is 1.66. The summed E-state index contributed by atoms with van der Waals surface area (Å²) in [7, 11) is 0. The third-order valence-corrected chi connectivity index (χ3v) is 6.45. The Bertz CT molecular complexity index is 953. The maximum Gasteiger partial charge on any atom is 0.223 e. The molecule has 2 amide bonds. The predicted octanol–water partition coefficient (Wildman–Crippen LogP) is 4.10. The Labute approximate surface area is 174 Å². The first-order chi connectivity index (χ1) is 14.2. The fourth-order valence-electron chi connectivity index (χ4n) is 3.80. The van der Waals surface area contributed by atoms with Gasteiger partial charge >= 0.3 is 0 Å². The summed E-state index contributed by atoms with van der Waals surface area (Å²) in [5.41, 5.74) is 2.18. The maximum absolute atomic E-state index is 12.8. The number of nitrogens with one attached hydrogen (secondary N) is 1. The number of amides is 2. The SMILES string of the molecule is O=C(CCC(=O)N1CCC[C@@H]1c1nc2ccccc2s1)NCCc1ccccc1. The number of nitrogens with zero attached hydrogens (tertiary/aromatic N) is 2. The Kier molecular flexibility index (Phi) is 6.20. The summed E-state index contributed by atoms with van der Waals surface area (Å²) in [4.78, 5) is 31.5. The van der Waals surface area contributed by atoms with Crippen molar-refractivity contribution in [1.82, 2.24) is 15.2 Å². The number of benzene rings is 2. The highest BCUT2D eigenvalue weighted by Crippen LogP contribution is 2.36. The van der Waals surface area contributed by atoms with Crippen LogP contribution in [0.1, 0.15) is 42.3 Å². The molecule has 1 N–H and O–H groups in total. The minimum atomic E-state index is -0.0648. The Morgan fingerprint density at radius 1 is 1.07 bits per heavy atom. The van der Waals surface area contributed by atoms with E-state index >= 15 is 0 Å². The predicted molar refractivity (Wildman–Crippen MR) is 116 cm³/mol. The Morgan fingerprint density at radius 2 is 1.86 bits per heavy atom. The van der Waals surface area contributed by atoms with Crippen LogP contribution in [0.15, 0.2) is 54.6 Å². The van der Waals surface area contributed by atoms with E-state index in [4.69, 9.17) is 4.98 Å². The van der Waals surface area contributed by atoms with Crippen molar-refractivity contribution in [3.8, 4) is 0 Å². The first-order valence-corrected chi connectivity index (χ1v) is 11.0. The molecule has 150 valence electrons. The lowest BCUT2D eigenvalue weighted by Gasteiger charge is -2.23. The lowest BCUT2D eigenvalue weighted by Crippen LogP contribution is -2.32. The van der Waals surface area contributed by atoms with Crippen LogP contribution >= 0.6 is 11.3 Å². The van der Waals surface area contributed by atoms with Gasteiger partial charge in [0.05, 0.1) is 16.3 Å². The monoisotopic (exact) mass is 407 g/mol. The highest BCUT2D eigenvalue weighted by atomic mass is 32.1. The van der Waals surface area contributed by atoms with Gasteiger partial charge in [0.25, 0.3) is 0 Å². The van der Waals surface area contributed by atoms with E-state index in [-0.39, 0.29) is 30.7 Å². The van der Waals surface area contributed by atoms with Crippen LogP contribution < -0.4 is 5.32 Å². The van der Waals surface area contributed by atoms with Gasteiger partial charge in [-0.25, -0.2) is 4.98 Å². The molecular weight excluding hydrogens is 382 g/mol. The lowest BCUT2D eigenvalue weighted by molar-refractivity contribution is -0.134. The zero-order valence-electron chi connectivity index (χ0n) is 16.3. The number of hydrogen-bond acceptors (Lipinski definition) is 4. The molecule has 2 heterocycles. The van der Waals surface area contributed by atoms with E-state index < -0.39 is 0 Å². The highest BCUT2D eigenvalue weighted by Gasteiger charge is 2.32. The average molecular weight is 408 g/mol. The molecular formula is C23H25N3O2S. The van der Waals surface area contributed by atoms with Crippen molar-refractivity contribution in [2.45, 2.75) is 38.1 Å². The van der Waals surface area contributed by atoms with Crippen molar-refractivity contribution >= 4 is 33.4 Å². The largest absolute Gasteiger partial charge is 0.356 e.